The van der Waals surface area contributed by atoms with Crippen molar-refractivity contribution < 1.29 is 29.0 Å². The van der Waals surface area contributed by atoms with Crippen LogP contribution in [-0.2, 0) is 20.7 Å². The number of oxazole rings is 1. The van der Waals surface area contributed by atoms with Crippen LogP contribution in [0.1, 0.15) is 49.7 Å². The summed E-state index contributed by atoms with van der Waals surface area (Å²) in [5.41, 5.74) is 4.10. The van der Waals surface area contributed by atoms with E-state index in [0.29, 0.717) is 55.8 Å². The van der Waals surface area contributed by atoms with E-state index in [9.17, 15) is 19.8 Å². The number of para-hydroxylation sites is 1. The highest BCUT2D eigenvalue weighted by atomic mass is 16.6. The first-order valence-corrected chi connectivity index (χ1v) is 13.0. The molecule has 1 aliphatic heterocycles. The van der Waals surface area contributed by atoms with E-state index in [1.807, 2.05) is 49.4 Å². The second-order valence-corrected chi connectivity index (χ2v) is 10.1. The van der Waals surface area contributed by atoms with Crippen molar-refractivity contribution in [1.82, 2.24) is 9.88 Å². The van der Waals surface area contributed by atoms with Crippen molar-refractivity contribution in [3.63, 3.8) is 0 Å². The molecular formula is C28H33N3O6. The third kappa shape index (κ3) is 5.78. The number of carbonyl (C=O) groups is 2. The molecule has 2 aromatic carbocycles. The highest BCUT2D eigenvalue weighted by molar-refractivity contribution is 5.82. The summed E-state index contributed by atoms with van der Waals surface area (Å²) < 4.78 is 11.8. The SMILES string of the molecule is Cc1ccccc1Nc1nc2ccc(CC(=O)N3CCC[C@H]3C(O)OC3CCC(C(=O)O)CC3)cc2o1. The number of hydrogen-bond acceptors (Lipinski definition) is 7. The molecule has 1 aromatic heterocycles. The number of aryl methyl sites for hydroxylation is 1. The molecule has 1 saturated heterocycles. The lowest BCUT2D eigenvalue weighted by molar-refractivity contribution is -0.181. The Balaban J connectivity index is 1.20. The zero-order valence-corrected chi connectivity index (χ0v) is 20.9. The molecule has 0 bridgehead atoms. The molecule has 2 heterocycles. The van der Waals surface area contributed by atoms with Gasteiger partial charge in [0.25, 0.3) is 6.01 Å². The van der Waals surface area contributed by atoms with Gasteiger partial charge in [-0.1, -0.05) is 24.3 Å². The zero-order chi connectivity index (χ0) is 25.9. The monoisotopic (exact) mass is 507 g/mol. The Hall–Kier alpha value is -3.43. The van der Waals surface area contributed by atoms with Gasteiger partial charge in [0, 0.05) is 12.2 Å². The smallest absolute Gasteiger partial charge is 0.306 e. The number of carboxylic acids is 1. The van der Waals surface area contributed by atoms with Gasteiger partial charge >= 0.3 is 5.97 Å². The molecule has 196 valence electrons. The normalized spacial score (nSPS) is 22.8. The van der Waals surface area contributed by atoms with E-state index in [2.05, 4.69) is 10.3 Å². The van der Waals surface area contributed by atoms with Crippen LogP contribution in [0.25, 0.3) is 11.1 Å². The molecule has 1 unspecified atom stereocenters. The van der Waals surface area contributed by atoms with Crippen molar-refractivity contribution in [2.45, 2.75) is 70.3 Å². The van der Waals surface area contributed by atoms with Gasteiger partial charge in [0.15, 0.2) is 11.9 Å². The van der Waals surface area contributed by atoms with Gasteiger partial charge < -0.3 is 29.6 Å². The quantitative estimate of drug-likeness (QED) is 0.383. The maximum Gasteiger partial charge on any atom is 0.306 e. The Bertz CT molecular complexity index is 1270. The van der Waals surface area contributed by atoms with Gasteiger partial charge in [-0.2, -0.15) is 4.98 Å². The number of ether oxygens (including phenoxy) is 1. The molecule has 37 heavy (non-hydrogen) atoms. The number of amides is 1. The molecule has 3 aromatic rings. The fourth-order valence-electron chi connectivity index (χ4n) is 5.37. The molecule has 5 rings (SSSR count). The Morgan fingerprint density at radius 3 is 2.70 bits per heavy atom. The van der Waals surface area contributed by atoms with Crippen LogP contribution in [0.15, 0.2) is 46.9 Å². The molecule has 1 aliphatic carbocycles. The molecule has 3 N–H and O–H groups in total. The van der Waals surface area contributed by atoms with Crippen LogP contribution in [0.5, 0.6) is 0 Å². The lowest BCUT2D eigenvalue weighted by Crippen LogP contribution is -2.46. The van der Waals surface area contributed by atoms with Crippen LogP contribution >= 0.6 is 0 Å². The van der Waals surface area contributed by atoms with E-state index >= 15 is 0 Å². The second kappa shape index (κ2) is 10.9. The predicted octanol–water partition coefficient (Wildman–Crippen LogP) is 4.39. The van der Waals surface area contributed by atoms with Gasteiger partial charge in [0.05, 0.1) is 24.5 Å². The van der Waals surface area contributed by atoms with Gasteiger partial charge in [-0.3, -0.25) is 9.59 Å². The Kier molecular flexibility index (Phi) is 7.43. The van der Waals surface area contributed by atoms with Crippen LogP contribution < -0.4 is 5.32 Å². The number of rotatable bonds is 8. The molecule has 1 amide bonds. The van der Waals surface area contributed by atoms with Crippen molar-refractivity contribution in [3.8, 4) is 0 Å². The largest absolute Gasteiger partial charge is 0.481 e. The molecule has 2 atom stereocenters. The highest BCUT2D eigenvalue weighted by Crippen LogP contribution is 2.30. The average molecular weight is 508 g/mol. The van der Waals surface area contributed by atoms with E-state index in [1.165, 1.54) is 0 Å². The highest BCUT2D eigenvalue weighted by Gasteiger charge is 2.36. The first-order valence-electron chi connectivity index (χ1n) is 13.0. The number of aliphatic carboxylic acids is 1. The fourth-order valence-corrected chi connectivity index (χ4v) is 5.37. The zero-order valence-electron chi connectivity index (χ0n) is 20.9. The van der Waals surface area contributed by atoms with Crippen LogP contribution in [0.3, 0.4) is 0 Å². The standard InChI is InChI=1S/C28H33N3O6/c1-17-5-2-3-6-21(17)29-28-30-22-13-8-18(15-24(22)37-28)16-25(32)31-14-4-7-23(31)27(35)36-20-11-9-19(10-12-20)26(33)34/h2-3,5-6,8,13,15,19-20,23,27,35H,4,7,9-12,14,16H2,1H3,(H,29,30)(H,33,34)/t19?,20?,23-,27?/m0/s1. The number of benzene rings is 2. The van der Waals surface area contributed by atoms with Crippen molar-refractivity contribution in [1.29, 1.82) is 0 Å². The molecule has 2 aliphatic rings. The van der Waals surface area contributed by atoms with Crippen molar-refractivity contribution >= 4 is 34.7 Å². The number of likely N-dealkylation sites (tertiary alicyclic amines) is 1. The predicted molar refractivity (Wildman–Crippen MR) is 137 cm³/mol. The molecule has 2 fully saturated rings. The number of nitrogens with one attached hydrogen (secondary N) is 1. The average Bonchev–Trinajstić information content (AvgIpc) is 3.53. The van der Waals surface area contributed by atoms with Gasteiger partial charge in [-0.25, -0.2) is 0 Å². The molecule has 9 nitrogen and oxygen atoms in total. The van der Waals surface area contributed by atoms with Crippen LogP contribution in [-0.4, -0.2) is 57.0 Å². The minimum atomic E-state index is -1.08. The number of nitrogens with zero attached hydrogens (tertiary/aromatic N) is 2. The number of hydrogen-bond donors (Lipinski definition) is 3. The summed E-state index contributed by atoms with van der Waals surface area (Å²) in [6.45, 7) is 2.58. The first kappa shape index (κ1) is 25.2. The summed E-state index contributed by atoms with van der Waals surface area (Å²) in [6, 6.07) is 13.4. The maximum absolute atomic E-state index is 13.2. The Morgan fingerprint density at radius 1 is 1.16 bits per heavy atom. The van der Waals surface area contributed by atoms with Crippen LogP contribution in [0.2, 0.25) is 0 Å². The summed E-state index contributed by atoms with van der Waals surface area (Å²) in [5, 5.41) is 23.2. The van der Waals surface area contributed by atoms with Gasteiger partial charge in [-0.15, -0.1) is 0 Å². The number of carbonyl (C=O) groups excluding carboxylic acids is 1. The number of anilines is 2. The number of aliphatic hydroxyl groups excluding tert-OH is 1. The number of fused-ring (bicyclic) bond motifs is 1. The summed E-state index contributed by atoms with van der Waals surface area (Å²) in [7, 11) is 0. The minimum absolute atomic E-state index is 0.0724. The van der Waals surface area contributed by atoms with Crippen molar-refractivity contribution in [2.75, 3.05) is 11.9 Å². The van der Waals surface area contributed by atoms with Gasteiger partial charge in [0.1, 0.15) is 5.52 Å². The van der Waals surface area contributed by atoms with E-state index in [0.717, 1.165) is 23.2 Å². The van der Waals surface area contributed by atoms with Crippen molar-refractivity contribution in [2.24, 2.45) is 5.92 Å². The Morgan fingerprint density at radius 2 is 1.95 bits per heavy atom. The molecule has 9 heteroatoms. The number of aliphatic hydroxyl groups is 1. The second-order valence-electron chi connectivity index (χ2n) is 10.1. The third-order valence-electron chi connectivity index (χ3n) is 7.50. The third-order valence-corrected chi connectivity index (χ3v) is 7.50. The van der Waals surface area contributed by atoms with E-state index in [-0.39, 0.29) is 24.3 Å². The van der Waals surface area contributed by atoms with Crippen molar-refractivity contribution in [3.05, 3.63) is 53.6 Å². The number of aromatic nitrogens is 1. The summed E-state index contributed by atoms with van der Waals surface area (Å²) in [4.78, 5) is 30.6. The first-order chi connectivity index (χ1) is 17.9. The van der Waals surface area contributed by atoms with E-state index in [1.54, 1.807) is 4.90 Å². The molecule has 0 spiro atoms. The van der Waals surface area contributed by atoms with E-state index in [4.69, 9.17) is 9.15 Å². The van der Waals surface area contributed by atoms with Crippen LogP contribution in [0, 0.1) is 12.8 Å². The maximum atomic E-state index is 13.2. The lowest BCUT2D eigenvalue weighted by Gasteiger charge is -2.33. The van der Waals surface area contributed by atoms with Gasteiger partial charge in [-0.05, 0) is 74.8 Å². The molecule has 0 radical (unpaired) electrons. The summed E-state index contributed by atoms with van der Waals surface area (Å²) >= 11 is 0. The van der Waals surface area contributed by atoms with Gasteiger partial charge in [0.2, 0.25) is 5.91 Å². The minimum Gasteiger partial charge on any atom is -0.481 e. The number of carboxylic acid groups (broad SMARTS) is 1. The topological polar surface area (TPSA) is 125 Å². The fraction of sp³-hybridized carbons (Fsp3) is 0.464. The summed E-state index contributed by atoms with van der Waals surface area (Å²) in [6.07, 6.45) is 2.70. The molecular weight excluding hydrogens is 474 g/mol. The van der Waals surface area contributed by atoms with Crippen LogP contribution in [0.4, 0.5) is 11.7 Å². The summed E-state index contributed by atoms with van der Waals surface area (Å²) in [5.74, 6) is -1.18. The molecule has 1 saturated carbocycles. The lowest BCUT2D eigenvalue weighted by atomic mass is 9.87. The van der Waals surface area contributed by atoms with E-state index < -0.39 is 18.3 Å². The Labute approximate surface area is 215 Å².